The molecule has 0 amide bonds. The van der Waals surface area contributed by atoms with Gasteiger partial charge >= 0.3 is 0 Å². The lowest BCUT2D eigenvalue weighted by Gasteiger charge is -2.37. The fraction of sp³-hybridized carbons (Fsp3) is 0.400. The van der Waals surface area contributed by atoms with E-state index in [2.05, 4.69) is 19.9 Å². The number of aromatic nitrogens is 3. The van der Waals surface area contributed by atoms with E-state index in [-0.39, 0.29) is 0 Å². The van der Waals surface area contributed by atoms with E-state index in [0.717, 1.165) is 30.3 Å². The summed E-state index contributed by atoms with van der Waals surface area (Å²) in [5.41, 5.74) is 1.03. The lowest BCUT2D eigenvalue weighted by Crippen LogP contribution is -2.43. The van der Waals surface area contributed by atoms with Crippen molar-refractivity contribution < 1.29 is 5.11 Å². The third-order valence-electron chi connectivity index (χ3n) is 3.81. The average Bonchev–Trinajstić information content (AvgIpc) is 2.49. The molecule has 0 atom stereocenters. The minimum Gasteiger partial charge on any atom is -0.383 e. The lowest BCUT2D eigenvalue weighted by molar-refractivity contribution is 0.00736. The molecule has 1 aliphatic rings. The Labute approximate surface area is 118 Å². The van der Waals surface area contributed by atoms with E-state index in [1.165, 1.54) is 0 Å². The minimum absolute atomic E-state index is 0.640. The number of piperidine rings is 1. The zero-order valence-electron chi connectivity index (χ0n) is 11.5. The zero-order valence-corrected chi connectivity index (χ0v) is 11.5. The summed E-state index contributed by atoms with van der Waals surface area (Å²) < 4.78 is 0. The van der Waals surface area contributed by atoms with E-state index >= 15 is 0 Å². The quantitative estimate of drug-likeness (QED) is 0.899. The summed E-state index contributed by atoms with van der Waals surface area (Å²) in [7, 11) is 0. The van der Waals surface area contributed by atoms with Crippen molar-refractivity contribution in [2.75, 3.05) is 18.0 Å². The largest absolute Gasteiger partial charge is 0.383 e. The van der Waals surface area contributed by atoms with E-state index in [0.29, 0.717) is 12.8 Å². The third-order valence-corrected chi connectivity index (χ3v) is 3.81. The second-order valence-electron chi connectivity index (χ2n) is 5.29. The van der Waals surface area contributed by atoms with Gasteiger partial charge in [-0.1, -0.05) is 6.07 Å². The van der Waals surface area contributed by atoms with Gasteiger partial charge in [0.1, 0.15) is 5.60 Å². The van der Waals surface area contributed by atoms with Gasteiger partial charge in [0.05, 0.1) is 5.69 Å². The normalized spacial score (nSPS) is 18.0. The molecule has 5 heteroatoms. The first-order valence-corrected chi connectivity index (χ1v) is 6.85. The van der Waals surface area contributed by atoms with Crippen molar-refractivity contribution in [2.45, 2.75) is 25.4 Å². The van der Waals surface area contributed by atoms with Crippen LogP contribution in [0, 0.1) is 6.92 Å². The molecule has 0 spiro atoms. The average molecular weight is 270 g/mol. The molecule has 20 heavy (non-hydrogen) atoms. The van der Waals surface area contributed by atoms with Gasteiger partial charge in [0, 0.05) is 31.7 Å². The molecule has 3 rings (SSSR count). The van der Waals surface area contributed by atoms with Crippen LogP contribution in [-0.4, -0.2) is 33.1 Å². The summed E-state index contributed by atoms with van der Waals surface area (Å²) in [6, 6.07) is 5.72. The number of hydrogen-bond acceptors (Lipinski definition) is 5. The highest BCUT2D eigenvalue weighted by molar-refractivity contribution is 5.31. The summed E-state index contributed by atoms with van der Waals surface area (Å²) in [5.74, 6) is 0.728. The molecule has 104 valence electrons. The topological polar surface area (TPSA) is 62.1 Å². The molecular formula is C15H18N4O. The Morgan fingerprint density at radius 2 is 1.80 bits per heavy atom. The van der Waals surface area contributed by atoms with Crippen LogP contribution in [0.5, 0.6) is 0 Å². The molecule has 2 aromatic rings. The van der Waals surface area contributed by atoms with E-state index in [1.54, 1.807) is 24.7 Å². The van der Waals surface area contributed by atoms with Gasteiger partial charge in [-0.25, -0.2) is 9.97 Å². The second kappa shape index (κ2) is 5.17. The highest BCUT2D eigenvalue weighted by Crippen LogP contribution is 2.32. The standard InChI is InChI=1S/C15H18N4O/c1-12-3-4-13(18-11-12)15(20)5-9-19(10-6-15)14-16-7-2-8-17-14/h2-4,7-8,11,20H,5-6,9-10H2,1H3. The molecule has 1 saturated heterocycles. The molecule has 1 N–H and O–H groups in total. The van der Waals surface area contributed by atoms with Crippen LogP contribution in [-0.2, 0) is 5.60 Å². The molecule has 0 aromatic carbocycles. The first-order chi connectivity index (χ1) is 9.67. The van der Waals surface area contributed by atoms with E-state index in [1.807, 2.05) is 19.1 Å². The Morgan fingerprint density at radius 3 is 2.40 bits per heavy atom. The van der Waals surface area contributed by atoms with Crippen LogP contribution in [0.4, 0.5) is 5.95 Å². The molecule has 5 nitrogen and oxygen atoms in total. The van der Waals surface area contributed by atoms with Crippen LogP contribution in [0.1, 0.15) is 24.1 Å². The van der Waals surface area contributed by atoms with Crippen molar-refractivity contribution in [1.29, 1.82) is 0 Å². The molecule has 1 aliphatic heterocycles. The number of anilines is 1. The lowest BCUT2D eigenvalue weighted by atomic mass is 9.87. The molecule has 1 fully saturated rings. The number of aliphatic hydroxyl groups is 1. The van der Waals surface area contributed by atoms with Crippen molar-refractivity contribution in [3.05, 3.63) is 48.0 Å². The Kier molecular flexibility index (Phi) is 3.36. The van der Waals surface area contributed by atoms with Crippen molar-refractivity contribution in [3.63, 3.8) is 0 Å². The van der Waals surface area contributed by atoms with Crippen LogP contribution in [0.15, 0.2) is 36.8 Å². The van der Waals surface area contributed by atoms with Gasteiger partial charge in [-0.3, -0.25) is 4.98 Å². The van der Waals surface area contributed by atoms with Gasteiger partial charge in [0.25, 0.3) is 0 Å². The number of aryl methyl sites for hydroxylation is 1. The van der Waals surface area contributed by atoms with Gasteiger partial charge < -0.3 is 10.0 Å². The smallest absolute Gasteiger partial charge is 0.225 e. The first-order valence-electron chi connectivity index (χ1n) is 6.85. The number of hydrogen-bond donors (Lipinski definition) is 1. The predicted octanol–water partition coefficient (Wildman–Crippen LogP) is 1.67. The summed E-state index contributed by atoms with van der Waals surface area (Å²) in [5, 5.41) is 10.8. The molecule has 0 saturated carbocycles. The van der Waals surface area contributed by atoms with Crippen LogP contribution >= 0.6 is 0 Å². The van der Waals surface area contributed by atoms with E-state index < -0.39 is 5.60 Å². The molecule has 0 bridgehead atoms. The second-order valence-corrected chi connectivity index (χ2v) is 5.29. The highest BCUT2D eigenvalue weighted by Gasteiger charge is 2.35. The summed E-state index contributed by atoms with van der Waals surface area (Å²) in [4.78, 5) is 15.0. The SMILES string of the molecule is Cc1ccc(C2(O)CCN(c3ncccn3)CC2)nc1. The van der Waals surface area contributed by atoms with Gasteiger partial charge in [-0.2, -0.15) is 0 Å². The maximum Gasteiger partial charge on any atom is 0.225 e. The maximum absolute atomic E-state index is 10.8. The predicted molar refractivity (Wildman–Crippen MR) is 76.3 cm³/mol. The van der Waals surface area contributed by atoms with Crippen LogP contribution < -0.4 is 4.90 Å². The Bertz CT molecular complexity index is 562. The van der Waals surface area contributed by atoms with E-state index in [4.69, 9.17) is 0 Å². The van der Waals surface area contributed by atoms with Crippen molar-refractivity contribution >= 4 is 5.95 Å². The van der Waals surface area contributed by atoms with E-state index in [9.17, 15) is 5.11 Å². The van der Waals surface area contributed by atoms with Crippen LogP contribution in [0.25, 0.3) is 0 Å². The molecular weight excluding hydrogens is 252 g/mol. The monoisotopic (exact) mass is 270 g/mol. The number of pyridine rings is 1. The fourth-order valence-electron chi connectivity index (χ4n) is 2.53. The molecule has 3 heterocycles. The third kappa shape index (κ3) is 2.49. The highest BCUT2D eigenvalue weighted by atomic mass is 16.3. The Hall–Kier alpha value is -2.01. The zero-order chi connectivity index (χ0) is 14.0. The van der Waals surface area contributed by atoms with Crippen molar-refractivity contribution in [3.8, 4) is 0 Å². The minimum atomic E-state index is -0.834. The van der Waals surface area contributed by atoms with Crippen LogP contribution in [0.2, 0.25) is 0 Å². The van der Waals surface area contributed by atoms with Gasteiger partial charge in [0.15, 0.2) is 0 Å². The summed E-state index contributed by atoms with van der Waals surface area (Å²) in [6.07, 6.45) is 6.57. The fourth-order valence-corrected chi connectivity index (χ4v) is 2.53. The summed E-state index contributed by atoms with van der Waals surface area (Å²) in [6.45, 7) is 3.46. The van der Waals surface area contributed by atoms with Crippen molar-refractivity contribution in [2.24, 2.45) is 0 Å². The number of nitrogens with zero attached hydrogens (tertiary/aromatic N) is 4. The Balaban J connectivity index is 1.73. The Morgan fingerprint density at radius 1 is 1.10 bits per heavy atom. The molecule has 0 unspecified atom stereocenters. The maximum atomic E-state index is 10.8. The molecule has 2 aromatic heterocycles. The van der Waals surface area contributed by atoms with Gasteiger partial charge in [-0.15, -0.1) is 0 Å². The van der Waals surface area contributed by atoms with Crippen LogP contribution in [0.3, 0.4) is 0 Å². The first kappa shape index (κ1) is 13.0. The van der Waals surface area contributed by atoms with Gasteiger partial charge in [0.2, 0.25) is 5.95 Å². The van der Waals surface area contributed by atoms with Crippen molar-refractivity contribution in [1.82, 2.24) is 15.0 Å². The molecule has 0 radical (unpaired) electrons. The summed E-state index contributed by atoms with van der Waals surface area (Å²) >= 11 is 0. The number of rotatable bonds is 2. The molecule has 0 aliphatic carbocycles. The van der Waals surface area contributed by atoms with Gasteiger partial charge in [-0.05, 0) is 37.5 Å².